The molecule has 0 bridgehead atoms. The molecule has 0 heterocycles. The lowest BCUT2D eigenvalue weighted by atomic mass is 9.80. The Morgan fingerprint density at radius 2 is 1.95 bits per heavy atom. The molecular weight excluding hydrogens is 265 g/mol. The van der Waals surface area contributed by atoms with Crippen molar-refractivity contribution in [1.82, 2.24) is 0 Å². The maximum Gasteiger partial charge on any atom is 0.178 e. The summed E-state index contributed by atoms with van der Waals surface area (Å²) in [5.74, 6) is -0.469. The molecule has 0 aromatic heterocycles. The second kappa shape index (κ2) is 5.65. The number of hydrogen-bond acceptors (Lipinski definition) is 2. The molecule has 1 aromatic rings. The topological polar surface area (TPSA) is 40.9 Å². The molecule has 0 fully saturated rings. The molecule has 0 saturated heterocycles. The van der Waals surface area contributed by atoms with Gasteiger partial charge in [0.1, 0.15) is 17.5 Å². The van der Waals surface area contributed by atoms with Crippen molar-refractivity contribution in [2.45, 2.75) is 38.5 Å². The lowest BCUT2D eigenvalue weighted by molar-refractivity contribution is -0.114. The molecule has 0 saturated carbocycles. The molecule has 3 heteroatoms. The van der Waals surface area contributed by atoms with Gasteiger partial charge in [-0.3, -0.25) is 4.79 Å². The van der Waals surface area contributed by atoms with Crippen LogP contribution in [0.25, 0.3) is 5.57 Å². The number of nitriles is 1. The molecule has 0 N–H and O–H groups in total. The highest BCUT2D eigenvalue weighted by atomic mass is 19.1. The average molecular weight is 281 g/mol. The fourth-order valence-electron chi connectivity index (χ4n) is 3.29. The number of rotatable bonds is 1. The standard InChI is InChI=1S/C18H16FNO/c19-14-7-4-6-13(9-14)18-15-8-3-1-2-5-12(15)10-17(21)16(18)11-20/h4,6-7,9H,1-3,5,8,10H2. The summed E-state index contributed by atoms with van der Waals surface area (Å²) in [6, 6.07) is 8.25. The largest absolute Gasteiger partial charge is 0.293 e. The Bertz CT molecular complexity index is 706. The Hall–Kier alpha value is -2.21. The Labute approximate surface area is 123 Å². The third-order valence-electron chi connectivity index (χ3n) is 4.26. The monoisotopic (exact) mass is 281 g/mol. The molecule has 0 aliphatic heterocycles. The molecule has 2 aliphatic rings. The Kier molecular flexibility index (Phi) is 3.70. The third kappa shape index (κ3) is 2.54. The van der Waals surface area contributed by atoms with Gasteiger partial charge in [0, 0.05) is 12.0 Å². The zero-order valence-corrected chi connectivity index (χ0v) is 11.8. The van der Waals surface area contributed by atoms with E-state index in [9.17, 15) is 14.4 Å². The van der Waals surface area contributed by atoms with Crippen LogP contribution in [-0.4, -0.2) is 5.78 Å². The van der Waals surface area contributed by atoms with Crippen molar-refractivity contribution in [3.8, 4) is 6.07 Å². The zero-order chi connectivity index (χ0) is 14.8. The van der Waals surface area contributed by atoms with Gasteiger partial charge in [-0.15, -0.1) is 0 Å². The Morgan fingerprint density at radius 1 is 1.14 bits per heavy atom. The number of carbonyl (C=O) groups excluding carboxylic acids is 1. The lowest BCUT2D eigenvalue weighted by Crippen LogP contribution is -2.14. The van der Waals surface area contributed by atoms with E-state index in [1.165, 1.54) is 12.1 Å². The summed E-state index contributed by atoms with van der Waals surface area (Å²) in [6.07, 6.45) is 5.43. The van der Waals surface area contributed by atoms with E-state index in [0.717, 1.165) is 43.3 Å². The van der Waals surface area contributed by atoms with Crippen LogP contribution in [0.2, 0.25) is 0 Å². The van der Waals surface area contributed by atoms with Gasteiger partial charge in [-0.05, 0) is 49.0 Å². The van der Waals surface area contributed by atoms with Crippen LogP contribution in [0.1, 0.15) is 44.1 Å². The molecule has 0 spiro atoms. The summed E-state index contributed by atoms with van der Waals surface area (Å²) in [5, 5.41) is 9.38. The van der Waals surface area contributed by atoms with Crippen LogP contribution in [0.3, 0.4) is 0 Å². The molecule has 0 atom stereocenters. The summed E-state index contributed by atoms with van der Waals surface area (Å²) >= 11 is 0. The van der Waals surface area contributed by atoms with E-state index in [1.54, 1.807) is 12.1 Å². The van der Waals surface area contributed by atoms with Gasteiger partial charge >= 0.3 is 0 Å². The van der Waals surface area contributed by atoms with Crippen LogP contribution in [-0.2, 0) is 4.79 Å². The van der Waals surface area contributed by atoms with Crippen LogP contribution >= 0.6 is 0 Å². The van der Waals surface area contributed by atoms with Gasteiger partial charge in [-0.25, -0.2) is 4.39 Å². The minimum absolute atomic E-state index is 0.127. The Morgan fingerprint density at radius 3 is 2.71 bits per heavy atom. The molecule has 0 amide bonds. The van der Waals surface area contributed by atoms with Crippen LogP contribution in [0.5, 0.6) is 0 Å². The lowest BCUT2D eigenvalue weighted by Gasteiger charge is -2.22. The first-order valence-electron chi connectivity index (χ1n) is 7.35. The van der Waals surface area contributed by atoms with E-state index in [0.29, 0.717) is 17.6 Å². The van der Waals surface area contributed by atoms with Crippen molar-refractivity contribution in [1.29, 1.82) is 5.26 Å². The second-order valence-corrected chi connectivity index (χ2v) is 5.61. The summed E-state index contributed by atoms with van der Waals surface area (Å²) in [5.41, 5.74) is 3.77. The van der Waals surface area contributed by atoms with Crippen molar-refractivity contribution < 1.29 is 9.18 Å². The van der Waals surface area contributed by atoms with E-state index < -0.39 is 0 Å². The van der Waals surface area contributed by atoms with Gasteiger partial charge < -0.3 is 0 Å². The van der Waals surface area contributed by atoms with Crippen LogP contribution in [0.4, 0.5) is 4.39 Å². The van der Waals surface area contributed by atoms with Gasteiger partial charge in [0.05, 0.1) is 0 Å². The minimum atomic E-state index is -0.342. The molecule has 106 valence electrons. The fourth-order valence-corrected chi connectivity index (χ4v) is 3.29. The molecule has 1 aromatic carbocycles. The fraction of sp³-hybridized carbons (Fsp3) is 0.333. The van der Waals surface area contributed by atoms with Crippen molar-refractivity contribution in [3.63, 3.8) is 0 Å². The minimum Gasteiger partial charge on any atom is -0.293 e. The molecule has 0 unspecified atom stereocenters. The van der Waals surface area contributed by atoms with Gasteiger partial charge in [0.25, 0.3) is 0 Å². The summed E-state index contributed by atoms with van der Waals surface area (Å²) in [4.78, 5) is 12.3. The quantitative estimate of drug-likeness (QED) is 0.768. The maximum atomic E-state index is 13.5. The van der Waals surface area contributed by atoms with E-state index in [1.807, 2.05) is 6.07 Å². The van der Waals surface area contributed by atoms with E-state index >= 15 is 0 Å². The highest BCUT2D eigenvalue weighted by Gasteiger charge is 2.29. The van der Waals surface area contributed by atoms with Gasteiger partial charge in [0.2, 0.25) is 0 Å². The van der Waals surface area contributed by atoms with Crippen molar-refractivity contribution in [2.24, 2.45) is 0 Å². The number of ketones is 1. The van der Waals surface area contributed by atoms with Gasteiger partial charge in [-0.1, -0.05) is 24.1 Å². The van der Waals surface area contributed by atoms with Crippen LogP contribution in [0, 0.1) is 17.1 Å². The first-order chi connectivity index (χ1) is 10.2. The van der Waals surface area contributed by atoms with E-state index in [2.05, 4.69) is 0 Å². The molecular formula is C18H16FNO. The number of halogens is 1. The average Bonchev–Trinajstić information content (AvgIpc) is 2.70. The maximum absolute atomic E-state index is 13.5. The highest BCUT2D eigenvalue weighted by Crippen LogP contribution is 2.41. The van der Waals surface area contributed by atoms with Crippen molar-refractivity contribution in [3.05, 3.63) is 52.4 Å². The van der Waals surface area contributed by atoms with Crippen LogP contribution in [0.15, 0.2) is 41.0 Å². The SMILES string of the molecule is N#CC1=C(c2cccc(F)c2)C2=C(CCCCC2)CC1=O. The van der Waals surface area contributed by atoms with E-state index in [-0.39, 0.29) is 17.2 Å². The molecule has 2 aliphatic carbocycles. The summed E-state index contributed by atoms with van der Waals surface area (Å²) < 4.78 is 13.5. The first kappa shape index (κ1) is 13.8. The number of Topliss-reactive ketones (excluding diaryl/α,β-unsaturated/α-hetero) is 1. The number of benzene rings is 1. The molecule has 2 nitrogen and oxygen atoms in total. The third-order valence-corrected chi connectivity index (χ3v) is 4.26. The van der Waals surface area contributed by atoms with Crippen LogP contribution < -0.4 is 0 Å². The normalized spacial score (nSPS) is 19.1. The van der Waals surface area contributed by atoms with Crippen molar-refractivity contribution in [2.75, 3.05) is 0 Å². The number of allylic oxidation sites excluding steroid dienone is 4. The Balaban J connectivity index is 2.21. The van der Waals surface area contributed by atoms with Gasteiger partial charge in [-0.2, -0.15) is 5.26 Å². The predicted octanol–water partition coefficient (Wildman–Crippen LogP) is 4.34. The molecule has 3 rings (SSSR count). The first-order valence-corrected chi connectivity index (χ1v) is 7.35. The number of carbonyl (C=O) groups is 1. The predicted molar refractivity (Wildman–Crippen MR) is 78.7 cm³/mol. The zero-order valence-electron chi connectivity index (χ0n) is 11.8. The highest BCUT2D eigenvalue weighted by molar-refractivity contribution is 6.12. The molecule has 0 radical (unpaired) electrons. The number of nitrogens with zero attached hydrogens (tertiary/aromatic N) is 1. The van der Waals surface area contributed by atoms with E-state index in [4.69, 9.17) is 0 Å². The molecule has 21 heavy (non-hydrogen) atoms. The second-order valence-electron chi connectivity index (χ2n) is 5.61. The summed E-state index contributed by atoms with van der Waals surface area (Å²) in [6.45, 7) is 0. The van der Waals surface area contributed by atoms with Gasteiger partial charge in [0.15, 0.2) is 5.78 Å². The summed E-state index contributed by atoms with van der Waals surface area (Å²) in [7, 11) is 0. The number of hydrogen-bond donors (Lipinski definition) is 0. The van der Waals surface area contributed by atoms with Crippen molar-refractivity contribution >= 4 is 11.4 Å². The smallest absolute Gasteiger partial charge is 0.178 e.